The van der Waals surface area contributed by atoms with Crippen LogP contribution >= 0.6 is 0 Å². The fraction of sp³-hybridized carbons (Fsp3) is 0.231. The molecule has 5 nitrogen and oxygen atoms in total. The molecular formula is C26H25FN2O3. The normalized spacial score (nSPS) is 13.0. The third-order valence-corrected chi connectivity index (χ3v) is 5.47. The van der Waals surface area contributed by atoms with Crippen molar-refractivity contribution in [1.29, 1.82) is 0 Å². The second-order valence-electron chi connectivity index (χ2n) is 7.96. The summed E-state index contributed by atoms with van der Waals surface area (Å²) in [6.07, 6.45) is 0.115. The number of nitrogens with zero attached hydrogens (tertiary/aromatic N) is 1. The molecule has 2 amide bonds. The molecule has 1 aliphatic rings. The van der Waals surface area contributed by atoms with Crippen molar-refractivity contribution in [3.05, 3.63) is 100 Å². The first kappa shape index (κ1) is 21.6. The van der Waals surface area contributed by atoms with Gasteiger partial charge in [-0.15, -0.1) is 0 Å². The Kier molecular flexibility index (Phi) is 6.50. The van der Waals surface area contributed by atoms with E-state index in [4.69, 9.17) is 4.74 Å². The van der Waals surface area contributed by atoms with Gasteiger partial charge in [0.2, 0.25) is 5.91 Å². The Hall–Kier alpha value is -3.67. The zero-order chi connectivity index (χ0) is 22.5. The lowest BCUT2D eigenvalue weighted by Gasteiger charge is -2.20. The molecule has 0 radical (unpaired) electrons. The van der Waals surface area contributed by atoms with Crippen molar-refractivity contribution in [3.63, 3.8) is 0 Å². The fourth-order valence-electron chi connectivity index (χ4n) is 3.67. The quantitative estimate of drug-likeness (QED) is 0.662. The van der Waals surface area contributed by atoms with Gasteiger partial charge in [-0.3, -0.25) is 9.59 Å². The Balaban J connectivity index is 1.43. The number of fused-ring (bicyclic) bond motifs is 1. The summed E-state index contributed by atoms with van der Waals surface area (Å²) >= 11 is 0. The molecule has 0 aromatic heterocycles. The zero-order valence-corrected chi connectivity index (χ0v) is 17.9. The minimum Gasteiger partial charge on any atom is -0.491 e. The molecule has 6 heteroatoms. The number of carbonyl (C=O) groups excluding carboxylic acids is 2. The highest BCUT2D eigenvalue weighted by molar-refractivity contribution is 5.94. The van der Waals surface area contributed by atoms with Gasteiger partial charge in [-0.2, -0.15) is 0 Å². The molecule has 1 N–H and O–H groups in total. The van der Waals surface area contributed by atoms with Crippen molar-refractivity contribution in [2.75, 3.05) is 13.2 Å². The monoisotopic (exact) mass is 432 g/mol. The molecule has 0 spiro atoms. The Morgan fingerprint density at radius 3 is 2.62 bits per heavy atom. The van der Waals surface area contributed by atoms with Crippen LogP contribution in [-0.2, 0) is 24.3 Å². The van der Waals surface area contributed by atoms with Gasteiger partial charge in [0.05, 0.1) is 13.0 Å². The van der Waals surface area contributed by atoms with E-state index in [0.717, 1.165) is 11.1 Å². The van der Waals surface area contributed by atoms with Crippen LogP contribution in [-0.4, -0.2) is 29.9 Å². The predicted molar refractivity (Wildman–Crippen MR) is 120 cm³/mol. The summed E-state index contributed by atoms with van der Waals surface area (Å²) in [7, 11) is 0. The molecule has 1 aliphatic heterocycles. The molecule has 1 heterocycles. The van der Waals surface area contributed by atoms with Crippen molar-refractivity contribution in [2.45, 2.75) is 26.4 Å². The summed E-state index contributed by atoms with van der Waals surface area (Å²) in [6.45, 7) is 3.58. The highest BCUT2D eigenvalue weighted by Crippen LogP contribution is 2.25. The second kappa shape index (κ2) is 9.64. The van der Waals surface area contributed by atoms with Crippen molar-refractivity contribution in [2.24, 2.45) is 0 Å². The lowest BCUT2D eigenvalue weighted by atomic mass is 10.1. The molecule has 0 atom stereocenters. The minimum absolute atomic E-state index is 0.110. The van der Waals surface area contributed by atoms with Crippen LogP contribution < -0.4 is 10.1 Å². The largest absolute Gasteiger partial charge is 0.491 e. The number of hydrogen-bond donors (Lipinski definition) is 1. The minimum atomic E-state index is -0.360. The maximum absolute atomic E-state index is 13.4. The van der Waals surface area contributed by atoms with E-state index in [1.807, 2.05) is 31.2 Å². The first-order chi connectivity index (χ1) is 15.5. The van der Waals surface area contributed by atoms with Crippen molar-refractivity contribution in [3.8, 4) is 5.75 Å². The molecule has 0 saturated carbocycles. The number of halogens is 1. The molecular weight excluding hydrogens is 407 g/mol. The first-order valence-electron chi connectivity index (χ1n) is 10.6. The highest BCUT2D eigenvalue weighted by atomic mass is 19.1. The fourth-order valence-corrected chi connectivity index (χ4v) is 3.67. The number of ether oxygens (including phenoxy) is 1. The molecule has 164 valence electrons. The Morgan fingerprint density at radius 2 is 1.84 bits per heavy atom. The van der Waals surface area contributed by atoms with Gasteiger partial charge in [-0.05, 0) is 48.4 Å². The number of carbonyl (C=O) groups is 2. The molecule has 0 bridgehead atoms. The average Bonchev–Trinajstić information content (AvgIpc) is 3.00. The van der Waals surface area contributed by atoms with Crippen LogP contribution in [0.25, 0.3) is 0 Å². The van der Waals surface area contributed by atoms with E-state index >= 15 is 0 Å². The van der Waals surface area contributed by atoms with E-state index in [0.29, 0.717) is 43.1 Å². The third kappa shape index (κ3) is 5.32. The maximum atomic E-state index is 13.4. The summed E-state index contributed by atoms with van der Waals surface area (Å²) in [5.41, 5.74) is 4.11. The van der Waals surface area contributed by atoms with Crippen LogP contribution in [0.1, 0.15) is 32.6 Å². The van der Waals surface area contributed by atoms with Crippen LogP contribution in [0.15, 0.2) is 66.7 Å². The topological polar surface area (TPSA) is 58.6 Å². The zero-order valence-electron chi connectivity index (χ0n) is 17.9. The van der Waals surface area contributed by atoms with Crippen LogP contribution in [0.3, 0.4) is 0 Å². The number of nitrogens with one attached hydrogen (secondary N) is 1. The Morgan fingerprint density at radius 1 is 1.03 bits per heavy atom. The summed E-state index contributed by atoms with van der Waals surface area (Å²) in [4.78, 5) is 27.2. The van der Waals surface area contributed by atoms with E-state index in [2.05, 4.69) is 5.32 Å². The molecule has 4 rings (SSSR count). The van der Waals surface area contributed by atoms with Crippen molar-refractivity contribution in [1.82, 2.24) is 10.2 Å². The lowest BCUT2D eigenvalue weighted by molar-refractivity contribution is -0.131. The van der Waals surface area contributed by atoms with E-state index in [-0.39, 0.29) is 24.1 Å². The molecule has 32 heavy (non-hydrogen) atoms. The van der Waals surface area contributed by atoms with Gasteiger partial charge in [-0.25, -0.2) is 4.39 Å². The van der Waals surface area contributed by atoms with Gasteiger partial charge in [0, 0.05) is 24.2 Å². The summed E-state index contributed by atoms with van der Waals surface area (Å²) < 4.78 is 19.2. The van der Waals surface area contributed by atoms with E-state index in [1.54, 1.807) is 35.2 Å². The summed E-state index contributed by atoms with van der Waals surface area (Å²) in [5.74, 6) is 0.0128. The third-order valence-electron chi connectivity index (χ3n) is 5.47. The lowest BCUT2D eigenvalue weighted by Crippen LogP contribution is -2.33. The summed E-state index contributed by atoms with van der Waals surface area (Å²) in [6, 6.07) is 19.3. The van der Waals surface area contributed by atoms with Crippen LogP contribution in [0.5, 0.6) is 5.75 Å². The van der Waals surface area contributed by atoms with Crippen LogP contribution in [0, 0.1) is 12.7 Å². The molecule has 0 fully saturated rings. The van der Waals surface area contributed by atoms with Crippen LogP contribution in [0.4, 0.5) is 4.39 Å². The van der Waals surface area contributed by atoms with E-state index in [9.17, 15) is 14.0 Å². The SMILES string of the molecule is Cc1ccc(CNC(=O)c2ccc3c(c2)CN(C(=O)Cc2cccc(F)c2)CCO3)cc1. The van der Waals surface area contributed by atoms with Gasteiger partial charge in [0.1, 0.15) is 18.2 Å². The van der Waals surface area contributed by atoms with Crippen LogP contribution in [0.2, 0.25) is 0 Å². The van der Waals surface area contributed by atoms with Gasteiger partial charge < -0.3 is 15.0 Å². The maximum Gasteiger partial charge on any atom is 0.251 e. The van der Waals surface area contributed by atoms with Gasteiger partial charge >= 0.3 is 0 Å². The molecule has 0 unspecified atom stereocenters. The van der Waals surface area contributed by atoms with E-state index < -0.39 is 0 Å². The second-order valence-corrected chi connectivity index (χ2v) is 7.96. The van der Waals surface area contributed by atoms with Gasteiger partial charge in [0.25, 0.3) is 5.91 Å². The molecule has 0 aliphatic carbocycles. The smallest absolute Gasteiger partial charge is 0.251 e. The predicted octanol–water partition coefficient (Wildman–Crippen LogP) is 4.03. The first-order valence-corrected chi connectivity index (χ1v) is 10.6. The molecule has 3 aromatic carbocycles. The van der Waals surface area contributed by atoms with Gasteiger partial charge in [-0.1, -0.05) is 42.0 Å². The Bertz CT molecular complexity index is 1130. The number of benzene rings is 3. The standard InChI is InChI=1S/C26H25FN2O3/c1-18-5-7-19(8-6-18)16-28-26(31)21-9-10-24-22(15-21)17-29(11-12-32-24)25(30)14-20-3-2-4-23(27)13-20/h2-10,13,15H,11-12,14,16-17H2,1H3,(H,28,31). The van der Waals surface area contributed by atoms with Gasteiger partial charge in [0.15, 0.2) is 0 Å². The number of rotatable bonds is 5. The molecule has 0 saturated heterocycles. The number of amides is 2. The van der Waals surface area contributed by atoms with Crippen molar-refractivity contribution < 1.29 is 18.7 Å². The average molecular weight is 432 g/mol. The molecule has 3 aromatic rings. The van der Waals surface area contributed by atoms with E-state index in [1.165, 1.54) is 17.7 Å². The summed E-state index contributed by atoms with van der Waals surface area (Å²) in [5, 5.41) is 2.93. The Labute approximate surface area is 186 Å². The number of hydrogen-bond acceptors (Lipinski definition) is 3. The number of aryl methyl sites for hydroxylation is 1. The van der Waals surface area contributed by atoms with Crippen molar-refractivity contribution >= 4 is 11.8 Å². The highest BCUT2D eigenvalue weighted by Gasteiger charge is 2.21.